The minimum Gasteiger partial charge on any atom is -0.478 e. The molecule has 4 nitrogen and oxygen atoms in total. The standard InChI is InChI=1S/C7H8BrNO3/c1-5(8)4-9-6(10)2-3-7(11)12/h2-3H,1,4H2,(H,9,10)(H,11,12)/b3-2+. The van der Waals surface area contributed by atoms with Crippen molar-refractivity contribution in [1.82, 2.24) is 5.32 Å². The van der Waals surface area contributed by atoms with Crippen LogP contribution in [0, 0.1) is 0 Å². The van der Waals surface area contributed by atoms with Crippen LogP contribution < -0.4 is 5.32 Å². The largest absolute Gasteiger partial charge is 0.478 e. The Morgan fingerprint density at radius 2 is 2.08 bits per heavy atom. The van der Waals surface area contributed by atoms with E-state index in [2.05, 4.69) is 27.8 Å². The molecule has 0 spiro atoms. The number of amides is 1. The van der Waals surface area contributed by atoms with E-state index in [1.54, 1.807) is 0 Å². The van der Waals surface area contributed by atoms with Gasteiger partial charge in [0.2, 0.25) is 5.91 Å². The molecule has 0 aromatic heterocycles. The first kappa shape index (κ1) is 10.9. The van der Waals surface area contributed by atoms with Crippen LogP contribution in [0.4, 0.5) is 0 Å². The van der Waals surface area contributed by atoms with Crippen LogP contribution in [-0.4, -0.2) is 23.5 Å². The van der Waals surface area contributed by atoms with Crippen molar-refractivity contribution in [1.29, 1.82) is 0 Å². The van der Waals surface area contributed by atoms with E-state index in [4.69, 9.17) is 5.11 Å². The van der Waals surface area contributed by atoms with Crippen LogP contribution in [0.15, 0.2) is 23.2 Å². The monoisotopic (exact) mass is 233 g/mol. The van der Waals surface area contributed by atoms with E-state index in [-0.39, 0.29) is 6.54 Å². The van der Waals surface area contributed by atoms with E-state index in [0.717, 1.165) is 12.2 Å². The number of carboxylic acid groups (broad SMARTS) is 1. The van der Waals surface area contributed by atoms with Gasteiger partial charge >= 0.3 is 5.97 Å². The highest BCUT2D eigenvalue weighted by Gasteiger charge is 1.95. The fourth-order valence-corrected chi connectivity index (χ4v) is 0.529. The minimum atomic E-state index is -1.15. The van der Waals surface area contributed by atoms with Crippen LogP contribution in [-0.2, 0) is 9.59 Å². The van der Waals surface area contributed by atoms with Crippen molar-refractivity contribution < 1.29 is 14.7 Å². The van der Waals surface area contributed by atoms with Crippen molar-refractivity contribution >= 4 is 27.8 Å². The number of carbonyl (C=O) groups is 2. The third-order valence-electron chi connectivity index (χ3n) is 0.832. The Bertz CT molecular complexity index is 235. The van der Waals surface area contributed by atoms with Crippen LogP contribution in [0.1, 0.15) is 0 Å². The summed E-state index contributed by atoms with van der Waals surface area (Å²) < 4.78 is 0.625. The van der Waals surface area contributed by atoms with Crippen molar-refractivity contribution in [3.05, 3.63) is 23.2 Å². The van der Waals surface area contributed by atoms with Gasteiger partial charge < -0.3 is 10.4 Å². The summed E-state index contributed by atoms with van der Waals surface area (Å²) in [6.07, 6.45) is 1.71. The van der Waals surface area contributed by atoms with Gasteiger partial charge in [-0.05, 0) is 0 Å². The van der Waals surface area contributed by atoms with Gasteiger partial charge in [-0.25, -0.2) is 4.79 Å². The summed E-state index contributed by atoms with van der Waals surface area (Å²) in [6, 6.07) is 0. The first-order chi connectivity index (χ1) is 5.52. The Morgan fingerprint density at radius 1 is 1.50 bits per heavy atom. The Labute approximate surface area is 78.1 Å². The van der Waals surface area contributed by atoms with Gasteiger partial charge in [-0.1, -0.05) is 22.5 Å². The average molecular weight is 234 g/mol. The smallest absolute Gasteiger partial charge is 0.328 e. The molecule has 0 aliphatic heterocycles. The summed E-state index contributed by atoms with van der Waals surface area (Å²) in [5.41, 5.74) is 0. The molecule has 2 N–H and O–H groups in total. The lowest BCUT2D eigenvalue weighted by Crippen LogP contribution is -2.22. The number of rotatable bonds is 4. The molecule has 1 amide bonds. The van der Waals surface area contributed by atoms with Gasteiger partial charge in [0.15, 0.2) is 0 Å². The molecule has 0 aliphatic carbocycles. The van der Waals surface area contributed by atoms with Gasteiger partial charge in [0.05, 0.1) is 0 Å². The summed E-state index contributed by atoms with van der Waals surface area (Å²) in [7, 11) is 0. The highest BCUT2D eigenvalue weighted by molar-refractivity contribution is 9.11. The maximum Gasteiger partial charge on any atom is 0.328 e. The number of carboxylic acids is 1. The fourth-order valence-electron chi connectivity index (χ4n) is 0.389. The summed E-state index contributed by atoms with van der Waals surface area (Å²) in [6.45, 7) is 3.76. The number of hydrogen-bond donors (Lipinski definition) is 2. The quantitative estimate of drug-likeness (QED) is 0.702. The first-order valence-corrected chi connectivity index (χ1v) is 3.84. The van der Waals surface area contributed by atoms with E-state index in [1.807, 2.05) is 0 Å². The molecule has 5 heteroatoms. The van der Waals surface area contributed by atoms with E-state index in [1.165, 1.54) is 0 Å². The van der Waals surface area contributed by atoms with Gasteiger partial charge in [0.25, 0.3) is 0 Å². The van der Waals surface area contributed by atoms with Gasteiger partial charge in [-0.3, -0.25) is 4.79 Å². The van der Waals surface area contributed by atoms with Crippen LogP contribution in [0.3, 0.4) is 0 Å². The highest BCUT2D eigenvalue weighted by Crippen LogP contribution is 1.96. The van der Waals surface area contributed by atoms with Gasteiger partial charge in [-0.15, -0.1) is 0 Å². The van der Waals surface area contributed by atoms with Crippen molar-refractivity contribution in [2.24, 2.45) is 0 Å². The Kier molecular flexibility index (Phi) is 5.03. The lowest BCUT2D eigenvalue weighted by molar-refractivity contribution is -0.131. The number of carbonyl (C=O) groups excluding carboxylic acids is 1. The normalized spacial score (nSPS) is 9.75. The molecule has 0 rings (SSSR count). The molecule has 0 fully saturated rings. The van der Waals surface area contributed by atoms with Crippen LogP contribution in [0.25, 0.3) is 0 Å². The molecule has 66 valence electrons. The zero-order chi connectivity index (χ0) is 9.56. The maximum atomic E-state index is 10.7. The second kappa shape index (κ2) is 5.54. The van der Waals surface area contributed by atoms with Crippen molar-refractivity contribution in [2.75, 3.05) is 6.54 Å². The first-order valence-electron chi connectivity index (χ1n) is 3.04. The lowest BCUT2D eigenvalue weighted by Gasteiger charge is -1.97. The fraction of sp³-hybridized carbons (Fsp3) is 0.143. The molecule has 0 bridgehead atoms. The molecule has 0 aromatic carbocycles. The second-order valence-electron chi connectivity index (χ2n) is 1.91. The molecular weight excluding hydrogens is 226 g/mol. The number of aliphatic carboxylic acids is 1. The molecule has 0 aromatic rings. The Balaban J connectivity index is 3.75. The summed E-state index contributed by atoms with van der Waals surface area (Å²) in [5, 5.41) is 10.5. The molecular formula is C7H8BrNO3. The van der Waals surface area contributed by atoms with Crippen LogP contribution >= 0.6 is 15.9 Å². The lowest BCUT2D eigenvalue weighted by atomic mass is 10.4. The average Bonchev–Trinajstić information content (AvgIpc) is 1.96. The van der Waals surface area contributed by atoms with Crippen molar-refractivity contribution in [3.63, 3.8) is 0 Å². The third kappa shape index (κ3) is 7.01. The van der Waals surface area contributed by atoms with Crippen LogP contribution in [0.5, 0.6) is 0 Å². The SMILES string of the molecule is C=C(Br)CNC(=O)/C=C/C(=O)O. The Hall–Kier alpha value is -1.10. The molecule has 0 saturated carbocycles. The molecule has 0 saturated heterocycles. The summed E-state index contributed by atoms with van der Waals surface area (Å²) in [5.74, 6) is -1.61. The number of halogens is 1. The van der Waals surface area contributed by atoms with Gasteiger partial charge in [0.1, 0.15) is 0 Å². The summed E-state index contributed by atoms with van der Waals surface area (Å²) >= 11 is 3.03. The number of hydrogen-bond acceptors (Lipinski definition) is 2. The zero-order valence-corrected chi connectivity index (χ0v) is 7.80. The van der Waals surface area contributed by atoms with Crippen molar-refractivity contribution in [3.8, 4) is 0 Å². The molecule has 0 unspecified atom stereocenters. The third-order valence-corrected chi connectivity index (χ3v) is 1.11. The van der Waals surface area contributed by atoms with E-state index in [9.17, 15) is 9.59 Å². The number of nitrogens with one attached hydrogen (secondary N) is 1. The van der Waals surface area contributed by atoms with Crippen molar-refractivity contribution in [2.45, 2.75) is 0 Å². The molecule has 0 radical (unpaired) electrons. The maximum absolute atomic E-state index is 10.7. The minimum absolute atomic E-state index is 0.281. The van der Waals surface area contributed by atoms with Crippen LogP contribution in [0.2, 0.25) is 0 Å². The molecule has 0 heterocycles. The molecule has 0 aliphatic rings. The predicted molar refractivity (Wildman–Crippen MR) is 47.9 cm³/mol. The predicted octanol–water partition coefficient (Wildman–Crippen LogP) is 0.652. The van der Waals surface area contributed by atoms with E-state index < -0.39 is 11.9 Å². The second-order valence-corrected chi connectivity index (χ2v) is 3.03. The van der Waals surface area contributed by atoms with Gasteiger partial charge in [0, 0.05) is 23.2 Å². The zero-order valence-electron chi connectivity index (χ0n) is 6.21. The Morgan fingerprint density at radius 3 is 2.50 bits per heavy atom. The molecule has 12 heavy (non-hydrogen) atoms. The molecule has 0 atom stereocenters. The topological polar surface area (TPSA) is 66.4 Å². The van der Waals surface area contributed by atoms with Gasteiger partial charge in [-0.2, -0.15) is 0 Å². The highest BCUT2D eigenvalue weighted by atomic mass is 79.9. The van der Waals surface area contributed by atoms with E-state index in [0.29, 0.717) is 4.48 Å². The summed E-state index contributed by atoms with van der Waals surface area (Å²) in [4.78, 5) is 20.7. The van der Waals surface area contributed by atoms with E-state index >= 15 is 0 Å².